The molecule has 2 aromatic rings. The summed E-state index contributed by atoms with van der Waals surface area (Å²) in [7, 11) is 0. The van der Waals surface area contributed by atoms with Crippen molar-refractivity contribution in [2.75, 3.05) is 18.8 Å². The van der Waals surface area contributed by atoms with E-state index in [9.17, 15) is 32.3 Å². The molecule has 1 heterocycles. The second-order valence-corrected chi connectivity index (χ2v) is 10.8. The Labute approximate surface area is 270 Å². The van der Waals surface area contributed by atoms with Gasteiger partial charge in [-0.15, -0.1) is 0 Å². The van der Waals surface area contributed by atoms with Gasteiger partial charge in [0.15, 0.2) is 0 Å². The smallest absolute Gasteiger partial charge is 0.387 e. The standard InChI is InChI=1S/C31H40F3N7O4S/c1-3-27(42)40-25(16-20(2)10-6-4-5-7-13-26(35)37-14-15-46)30(45)41(36)19-28(43)39-24(29(44)31(32,33)34)17-21-18-38-23-12-9-8-11-22(21)23/h4-12,18,24-25,38,46H,3,13-17,19,36H2,1-2H3,(H2,35,37)(H,39,43)(H,40,42)/b6-4-,7-5-,20-10+. The maximum absolute atomic E-state index is 13.4. The maximum atomic E-state index is 13.4. The SMILES string of the molecule is CCC(=O)NC(C/C(C)=C/C=C\C=C/CC(N)=NCCS)C(=O)N(N)CC(=O)NC(Cc1c[nH]c2ccccc12)C(=O)C(F)(F)F. The summed E-state index contributed by atoms with van der Waals surface area (Å²) in [5.74, 6) is 2.41. The fraction of sp³-hybridized carbons (Fsp3) is 0.387. The second-order valence-electron chi connectivity index (χ2n) is 10.3. The average molecular weight is 664 g/mol. The van der Waals surface area contributed by atoms with Gasteiger partial charge in [0.2, 0.25) is 11.8 Å². The van der Waals surface area contributed by atoms with E-state index in [1.54, 1.807) is 62.4 Å². The Kier molecular flexibility index (Phi) is 15.3. The number of benzene rings is 1. The lowest BCUT2D eigenvalue weighted by Crippen LogP contribution is -2.56. The number of nitrogens with two attached hydrogens (primary N) is 2. The number of aromatic amines is 1. The highest BCUT2D eigenvalue weighted by molar-refractivity contribution is 7.80. The van der Waals surface area contributed by atoms with Crippen LogP contribution in [-0.2, 0) is 25.6 Å². The lowest BCUT2D eigenvalue weighted by Gasteiger charge is -2.25. The number of thiol groups is 1. The van der Waals surface area contributed by atoms with Crippen molar-refractivity contribution in [3.05, 3.63) is 72.0 Å². The number of nitrogens with zero attached hydrogens (tertiary/aromatic N) is 2. The first-order valence-electron chi connectivity index (χ1n) is 14.5. The van der Waals surface area contributed by atoms with E-state index in [2.05, 4.69) is 33.2 Å². The zero-order valence-corrected chi connectivity index (χ0v) is 26.5. The number of carbonyl (C=O) groups excluding carboxylic acids is 4. The van der Waals surface area contributed by atoms with Gasteiger partial charge in [-0.25, -0.2) is 5.84 Å². The fourth-order valence-electron chi connectivity index (χ4n) is 4.30. The fourth-order valence-corrected chi connectivity index (χ4v) is 4.40. The number of Topliss-reactive ketones (excluding diaryl/α,β-unsaturated/α-hetero) is 1. The zero-order valence-electron chi connectivity index (χ0n) is 25.6. The minimum atomic E-state index is -5.22. The van der Waals surface area contributed by atoms with Gasteiger partial charge in [-0.05, 0) is 25.0 Å². The monoisotopic (exact) mass is 663 g/mol. The third kappa shape index (κ3) is 12.6. The molecule has 0 aliphatic carbocycles. The molecular formula is C31H40F3N7O4S. The lowest BCUT2D eigenvalue weighted by molar-refractivity contribution is -0.173. The molecule has 0 aliphatic rings. The van der Waals surface area contributed by atoms with Gasteiger partial charge in [0.25, 0.3) is 11.7 Å². The third-order valence-corrected chi connectivity index (χ3v) is 6.79. The van der Waals surface area contributed by atoms with E-state index in [1.807, 2.05) is 6.08 Å². The number of hydrazine groups is 1. The Morgan fingerprint density at radius 3 is 2.46 bits per heavy atom. The number of hydrogen-bond acceptors (Lipinski definition) is 7. The molecule has 0 fully saturated rings. The number of carbonyl (C=O) groups is 4. The normalized spacial score (nSPS) is 14.1. The largest absolute Gasteiger partial charge is 0.452 e. The van der Waals surface area contributed by atoms with E-state index in [0.717, 1.165) is 0 Å². The Bertz CT molecular complexity index is 1480. The summed E-state index contributed by atoms with van der Waals surface area (Å²) < 4.78 is 40.3. The van der Waals surface area contributed by atoms with Gasteiger partial charge in [0.05, 0.1) is 5.84 Å². The van der Waals surface area contributed by atoms with Crippen LogP contribution in [0.25, 0.3) is 10.9 Å². The van der Waals surface area contributed by atoms with Crippen LogP contribution >= 0.6 is 12.6 Å². The zero-order chi connectivity index (χ0) is 34.3. The first-order valence-corrected chi connectivity index (χ1v) is 15.1. The molecule has 3 amide bonds. The molecule has 2 atom stereocenters. The van der Waals surface area contributed by atoms with Gasteiger partial charge in [-0.3, -0.25) is 29.2 Å². The van der Waals surface area contributed by atoms with E-state index >= 15 is 0 Å². The average Bonchev–Trinajstić information content (AvgIpc) is 3.42. The van der Waals surface area contributed by atoms with E-state index < -0.39 is 54.7 Å². The molecule has 1 aromatic heterocycles. The van der Waals surface area contributed by atoms with Crippen molar-refractivity contribution in [2.45, 2.75) is 57.8 Å². The number of H-pyrrole nitrogens is 1. The van der Waals surface area contributed by atoms with E-state index in [4.69, 9.17) is 11.6 Å². The van der Waals surface area contributed by atoms with Gasteiger partial charge in [0, 0.05) is 48.7 Å². The summed E-state index contributed by atoms with van der Waals surface area (Å²) in [5, 5.41) is 5.73. The second kappa shape index (κ2) is 18.6. The third-order valence-electron chi connectivity index (χ3n) is 6.59. The molecule has 1 aromatic carbocycles. The van der Waals surface area contributed by atoms with Crippen LogP contribution in [0.2, 0.25) is 0 Å². The molecule has 0 saturated carbocycles. The summed E-state index contributed by atoms with van der Waals surface area (Å²) in [5.41, 5.74) is 7.49. The topological polar surface area (TPSA) is 176 Å². The molecule has 15 heteroatoms. The summed E-state index contributed by atoms with van der Waals surface area (Å²) in [4.78, 5) is 57.4. The number of amides is 3. The van der Waals surface area contributed by atoms with Crippen LogP contribution in [0.1, 0.15) is 38.7 Å². The highest BCUT2D eigenvalue weighted by Crippen LogP contribution is 2.23. The minimum absolute atomic E-state index is 0.0348. The van der Waals surface area contributed by atoms with Crippen molar-refractivity contribution in [1.29, 1.82) is 0 Å². The number of amidine groups is 1. The molecule has 0 bridgehead atoms. The predicted molar refractivity (Wildman–Crippen MR) is 175 cm³/mol. The van der Waals surface area contributed by atoms with Crippen LogP contribution in [0.15, 0.2) is 71.4 Å². The number of aliphatic imine (C=N–C) groups is 1. The summed E-state index contributed by atoms with van der Waals surface area (Å²) in [6.45, 7) is 2.98. The van der Waals surface area contributed by atoms with Crippen LogP contribution in [0, 0.1) is 0 Å². The Morgan fingerprint density at radius 1 is 1.09 bits per heavy atom. The summed E-state index contributed by atoms with van der Waals surface area (Å²) >= 11 is 4.07. The first kappa shape index (κ1) is 37.8. The molecule has 2 unspecified atom stereocenters. The lowest BCUT2D eigenvalue weighted by atomic mass is 10.0. The van der Waals surface area contributed by atoms with Crippen molar-refractivity contribution < 1.29 is 32.3 Å². The van der Waals surface area contributed by atoms with Gasteiger partial charge in [0.1, 0.15) is 18.6 Å². The Hall–Kier alpha value is -4.37. The first-order chi connectivity index (χ1) is 21.8. The molecular weight excluding hydrogens is 623 g/mol. The number of hydrogen-bond donors (Lipinski definition) is 6. The van der Waals surface area contributed by atoms with Crippen molar-refractivity contribution in [3.8, 4) is 0 Å². The molecule has 250 valence electrons. The summed E-state index contributed by atoms with van der Waals surface area (Å²) in [6, 6.07) is 3.69. The molecule has 11 nitrogen and oxygen atoms in total. The molecule has 2 rings (SSSR count). The van der Waals surface area contributed by atoms with Gasteiger partial charge in [-0.2, -0.15) is 25.8 Å². The number of fused-ring (bicyclic) bond motifs is 1. The number of ketones is 1. The molecule has 0 radical (unpaired) electrons. The Morgan fingerprint density at radius 2 is 1.78 bits per heavy atom. The number of nitrogens with one attached hydrogen (secondary N) is 3. The van der Waals surface area contributed by atoms with Crippen LogP contribution in [-0.4, -0.2) is 76.4 Å². The van der Waals surface area contributed by atoms with Crippen molar-refractivity contribution in [1.82, 2.24) is 20.6 Å². The number of para-hydroxylation sites is 1. The van der Waals surface area contributed by atoms with Crippen LogP contribution in [0.3, 0.4) is 0 Å². The van der Waals surface area contributed by atoms with E-state index in [0.29, 0.717) is 51.6 Å². The van der Waals surface area contributed by atoms with Crippen molar-refractivity contribution >= 4 is 52.9 Å². The number of rotatable bonds is 17. The number of allylic oxidation sites excluding steroid dienone is 4. The van der Waals surface area contributed by atoms with E-state index in [1.165, 1.54) is 6.20 Å². The van der Waals surface area contributed by atoms with Gasteiger partial charge < -0.3 is 21.4 Å². The van der Waals surface area contributed by atoms with Gasteiger partial charge >= 0.3 is 6.18 Å². The molecule has 46 heavy (non-hydrogen) atoms. The maximum Gasteiger partial charge on any atom is 0.452 e. The molecule has 0 spiro atoms. The van der Waals surface area contributed by atoms with Crippen molar-refractivity contribution in [3.63, 3.8) is 0 Å². The number of aromatic nitrogens is 1. The predicted octanol–water partition coefficient (Wildman–Crippen LogP) is 3.05. The van der Waals surface area contributed by atoms with E-state index in [-0.39, 0.29) is 12.8 Å². The molecule has 0 aliphatic heterocycles. The van der Waals surface area contributed by atoms with Crippen LogP contribution in [0.4, 0.5) is 13.2 Å². The van der Waals surface area contributed by atoms with Gasteiger partial charge in [-0.1, -0.05) is 61.1 Å². The highest BCUT2D eigenvalue weighted by atomic mass is 32.1. The number of alkyl halides is 3. The highest BCUT2D eigenvalue weighted by Gasteiger charge is 2.44. The Balaban J connectivity index is 2.10. The minimum Gasteiger partial charge on any atom is -0.387 e. The van der Waals surface area contributed by atoms with Crippen molar-refractivity contribution in [2.24, 2.45) is 16.6 Å². The quantitative estimate of drug-likeness (QED) is 0.0288. The molecule has 0 saturated heterocycles. The van der Waals surface area contributed by atoms with Crippen LogP contribution in [0.5, 0.6) is 0 Å². The number of halogens is 3. The molecule has 7 N–H and O–H groups in total. The van der Waals surface area contributed by atoms with Crippen LogP contribution < -0.4 is 22.2 Å². The summed E-state index contributed by atoms with van der Waals surface area (Å²) in [6.07, 6.45) is 5.11.